The number of rotatable bonds is 4. The van der Waals surface area contributed by atoms with E-state index in [1.54, 1.807) is 13.0 Å². The van der Waals surface area contributed by atoms with Crippen molar-refractivity contribution < 1.29 is 69.1 Å². The molecule has 0 aliphatic rings. The molecular formula is C10H13BF3KO. The van der Waals surface area contributed by atoms with Crippen LogP contribution in [0.5, 0.6) is 5.75 Å². The second-order valence-corrected chi connectivity index (χ2v) is 3.46. The summed E-state index contributed by atoms with van der Waals surface area (Å²) in [5, 5.41) is 0. The van der Waals surface area contributed by atoms with Gasteiger partial charge in [-0.3, -0.25) is 0 Å². The van der Waals surface area contributed by atoms with Crippen LogP contribution in [0.15, 0.2) is 18.2 Å². The molecule has 0 saturated carbocycles. The molecule has 0 heterocycles. The van der Waals surface area contributed by atoms with Crippen LogP contribution in [0.4, 0.5) is 12.9 Å². The summed E-state index contributed by atoms with van der Waals surface area (Å²) in [6.45, 7) is -1.20. The molecule has 0 saturated heterocycles. The van der Waals surface area contributed by atoms with Crippen molar-refractivity contribution in [1.82, 2.24) is 0 Å². The van der Waals surface area contributed by atoms with Crippen molar-refractivity contribution in [2.75, 3.05) is 6.61 Å². The molecule has 1 aromatic rings. The van der Waals surface area contributed by atoms with Gasteiger partial charge in [0, 0.05) is 0 Å². The van der Waals surface area contributed by atoms with Crippen molar-refractivity contribution >= 4 is 12.4 Å². The van der Waals surface area contributed by atoms with E-state index >= 15 is 0 Å². The summed E-state index contributed by atoms with van der Waals surface area (Å²) >= 11 is 0. The Morgan fingerprint density at radius 2 is 1.88 bits per heavy atom. The summed E-state index contributed by atoms with van der Waals surface area (Å²) in [4.78, 5) is 0. The summed E-state index contributed by atoms with van der Waals surface area (Å²) in [6, 6.07) is 4.14. The Balaban J connectivity index is 0.00000225. The van der Waals surface area contributed by atoms with Crippen LogP contribution >= 0.6 is 0 Å². The summed E-state index contributed by atoms with van der Waals surface area (Å²) in [7, 11) is 0. The van der Waals surface area contributed by atoms with E-state index in [1.807, 2.05) is 6.92 Å². The minimum absolute atomic E-state index is 0. The molecule has 0 spiro atoms. The van der Waals surface area contributed by atoms with Crippen LogP contribution in [0.25, 0.3) is 0 Å². The first-order valence-electron chi connectivity index (χ1n) is 4.88. The van der Waals surface area contributed by atoms with Gasteiger partial charge < -0.3 is 17.7 Å². The third kappa shape index (κ3) is 4.79. The van der Waals surface area contributed by atoms with Crippen LogP contribution in [0.2, 0.25) is 0 Å². The Hall–Kier alpha value is 0.511. The average molecular weight is 256 g/mol. The SMILES string of the molecule is CCCOc1ccc(C)cc1[B-](F)(F)F.[K+]. The zero-order valence-electron chi connectivity index (χ0n) is 9.77. The average Bonchev–Trinajstić information content (AvgIpc) is 2.14. The maximum absolute atomic E-state index is 12.6. The molecule has 0 N–H and O–H groups in total. The predicted molar refractivity (Wildman–Crippen MR) is 55.7 cm³/mol. The summed E-state index contributed by atoms with van der Waals surface area (Å²) in [5.74, 6) is -0.0602. The van der Waals surface area contributed by atoms with Gasteiger partial charge in [-0.1, -0.05) is 30.1 Å². The van der Waals surface area contributed by atoms with Crippen molar-refractivity contribution in [3.8, 4) is 5.75 Å². The fourth-order valence-corrected chi connectivity index (χ4v) is 1.27. The summed E-state index contributed by atoms with van der Waals surface area (Å²) in [5.41, 5.74) is -0.0449. The molecule has 0 radical (unpaired) electrons. The predicted octanol–water partition coefficient (Wildman–Crippen LogP) is -0.158. The topological polar surface area (TPSA) is 9.23 Å². The minimum Gasteiger partial charge on any atom is -0.497 e. The van der Waals surface area contributed by atoms with E-state index in [4.69, 9.17) is 4.74 Å². The van der Waals surface area contributed by atoms with E-state index in [9.17, 15) is 12.9 Å². The zero-order valence-corrected chi connectivity index (χ0v) is 12.9. The van der Waals surface area contributed by atoms with Gasteiger partial charge in [0.2, 0.25) is 0 Å². The van der Waals surface area contributed by atoms with Gasteiger partial charge in [0.1, 0.15) is 0 Å². The maximum Gasteiger partial charge on any atom is 1.00 e. The molecule has 0 aliphatic heterocycles. The number of benzene rings is 1. The van der Waals surface area contributed by atoms with Crippen molar-refractivity contribution in [2.45, 2.75) is 20.3 Å². The molecule has 1 aromatic carbocycles. The third-order valence-electron chi connectivity index (χ3n) is 1.98. The van der Waals surface area contributed by atoms with Gasteiger partial charge in [0.25, 0.3) is 0 Å². The smallest absolute Gasteiger partial charge is 0.497 e. The number of hydrogen-bond acceptors (Lipinski definition) is 1. The first kappa shape index (κ1) is 16.5. The molecule has 84 valence electrons. The van der Waals surface area contributed by atoms with Crippen LogP contribution in [0, 0.1) is 6.92 Å². The second-order valence-electron chi connectivity index (χ2n) is 3.46. The van der Waals surface area contributed by atoms with E-state index in [0.717, 1.165) is 6.07 Å². The van der Waals surface area contributed by atoms with Crippen molar-refractivity contribution in [3.63, 3.8) is 0 Å². The molecule has 0 atom stereocenters. The van der Waals surface area contributed by atoms with Gasteiger partial charge in [-0.15, -0.1) is 0 Å². The Morgan fingerprint density at radius 3 is 2.38 bits per heavy atom. The minimum atomic E-state index is -5.00. The summed E-state index contributed by atoms with van der Waals surface area (Å²) in [6.07, 6.45) is 0.693. The molecular weight excluding hydrogens is 243 g/mol. The van der Waals surface area contributed by atoms with Gasteiger partial charge in [0.15, 0.2) is 0 Å². The molecule has 0 fully saturated rings. The van der Waals surface area contributed by atoms with E-state index in [0.29, 0.717) is 18.6 Å². The largest absolute Gasteiger partial charge is 1.00 e. The van der Waals surface area contributed by atoms with Crippen molar-refractivity contribution in [1.29, 1.82) is 0 Å². The number of ether oxygens (including phenoxy) is 1. The molecule has 0 unspecified atom stereocenters. The van der Waals surface area contributed by atoms with Gasteiger partial charge in [-0.05, 0) is 19.4 Å². The van der Waals surface area contributed by atoms with Crippen LogP contribution in [0.3, 0.4) is 0 Å². The molecule has 1 nitrogen and oxygen atoms in total. The fraction of sp³-hybridized carbons (Fsp3) is 0.400. The first-order valence-corrected chi connectivity index (χ1v) is 4.88. The second kappa shape index (κ2) is 7.06. The Morgan fingerprint density at radius 1 is 1.25 bits per heavy atom. The van der Waals surface area contributed by atoms with Crippen LogP contribution in [-0.4, -0.2) is 13.6 Å². The third-order valence-corrected chi connectivity index (χ3v) is 1.98. The van der Waals surface area contributed by atoms with Crippen LogP contribution < -0.4 is 61.6 Å². The standard InChI is InChI=1S/C10H13BF3O.K/c1-3-6-15-10-5-4-8(2)7-9(10)11(12,13)14;/h4-5,7H,3,6H2,1-2H3;/q-1;+1. The number of hydrogen-bond donors (Lipinski definition) is 0. The first-order chi connectivity index (χ1) is 6.95. The van der Waals surface area contributed by atoms with E-state index in [-0.39, 0.29) is 57.1 Å². The van der Waals surface area contributed by atoms with E-state index in [1.165, 1.54) is 6.07 Å². The fourth-order valence-electron chi connectivity index (χ4n) is 1.27. The van der Waals surface area contributed by atoms with Crippen LogP contribution in [-0.2, 0) is 0 Å². The van der Waals surface area contributed by atoms with Gasteiger partial charge in [-0.25, -0.2) is 0 Å². The van der Waals surface area contributed by atoms with Gasteiger partial charge in [0.05, 0.1) is 12.4 Å². The Kier molecular flexibility index (Phi) is 7.28. The molecule has 0 aliphatic carbocycles. The monoisotopic (exact) mass is 256 g/mol. The van der Waals surface area contributed by atoms with Crippen molar-refractivity contribution in [2.24, 2.45) is 0 Å². The zero-order chi connectivity index (χ0) is 11.5. The normalized spacial score (nSPS) is 10.8. The molecule has 0 bridgehead atoms. The molecule has 0 aromatic heterocycles. The van der Waals surface area contributed by atoms with E-state index < -0.39 is 12.4 Å². The molecule has 16 heavy (non-hydrogen) atoms. The maximum atomic E-state index is 12.6. The van der Waals surface area contributed by atoms with Crippen molar-refractivity contribution in [3.05, 3.63) is 23.8 Å². The van der Waals surface area contributed by atoms with Crippen LogP contribution in [0.1, 0.15) is 18.9 Å². The van der Waals surface area contributed by atoms with Gasteiger partial charge >= 0.3 is 58.4 Å². The summed E-state index contributed by atoms with van der Waals surface area (Å²) < 4.78 is 43.0. The molecule has 1 rings (SSSR count). The Bertz CT molecular complexity index is 341. The number of aryl methyl sites for hydroxylation is 1. The molecule has 6 heteroatoms. The van der Waals surface area contributed by atoms with E-state index in [2.05, 4.69) is 0 Å². The van der Waals surface area contributed by atoms with Gasteiger partial charge in [-0.2, -0.15) is 0 Å². The quantitative estimate of drug-likeness (QED) is 0.680. The number of halogens is 3. The Labute approximate surface area is 136 Å². The molecule has 0 amide bonds.